The van der Waals surface area contributed by atoms with Gasteiger partial charge in [-0.3, -0.25) is 0 Å². The van der Waals surface area contributed by atoms with Crippen molar-refractivity contribution in [3.05, 3.63) is 42.1 Å². The lowest BCUT2D eigenvalue weighted by Crippen LogP contribution is -2.45. The average Bonchev–Trinajstić information content (AvgIpc) is 2.20. The molecule has 0 aliphatic carbocycles. The minimum Gasteiger partial charge on any atom is -0.508 e. The Morgan fingerprint density at radius 2 is 1.82 bits per heavy atom. The number of hydrogen-bond donors (Lipinski definition) is 1. The normalized spacial score (nSPS) is 12.5. The number of phenolic OH excluding ortho intramolecular Hbond substituents is 1. The van der Waals surface area contributed by atoms with E-state index in [9.17, 15) is 5.11 Å². The molecule has 1 N–H and O–H groups in total. The van der Waals surface area contributed by atoms with Gasteiger partial charge in [-0.05, 0) is 43.9 Å². The van der Waals surface area contributed by atoms with Crippen LogP contribution in [0.3, 0.4) is 0 Å². The highest BCUT2D eigenvalue weighted by molar-refractivity contribution is 6.87. The summed E-state index contributed by atoms with van der Waals surface area (Å²) in [6.45, 7) is 12.5. The summed E-state index contributed by atoms with van der Waals surface area (Å²) in [6, 6.07) is 8.34. The number of benzene rings is 1. The van der Waals surface area contributed by atoms with Gasteiger partial charge in [-0.2, -0.15) is 0 Å². The maximum Gasteiger partial charge on any atom is 0.198 e. The second-order valence-electron chi connectivity index (χ2n) is 5.47. The van der Waals surface area contributed by atoms with Crippen molar-refractivity contribution in [2.45, 2.75) is 32.2 Å². The molecule has 0 aromatic heterocycles. The Labute approximate surface area is 106 Å². The molecule has 0 aliphatic heterocycles. The summed E-state index contributed by atoms with van der Waals surface area (Å²) in [4.78, 5) is 0. The molecule has 0 fully saturated rings. The van der Waals surface area contributed by atoms with Gasteiger partial charge in [-0.25, -0.2) is 0 Å². The highest BCUT2D eigenvalue weighted by atomic mass is 28.4. The number of aromatic hydroxyl groups is 1. The molecule has 0 spiro atoms. The van der Waals surface area contributed by atoms with Crippen LogP contribution in [0.25, 0.3) is 0 Å². The van der Waals surface area contributed by atoms with Crippen LogP contribution in [0.4, 0.5) is 0 Å². The van der Waals surface area contributed by atoms with E-state index in [4.69, 9.17) is 4.12 Å². The van der Waals surface area contributed by atoms with Gasteiger partial charge < -0.3 is 9.22 Å². The second-order valence-corrected chi connectivity index (χ2v) is 13.8. The number of rotatable bonds is 5. The first-order valence-electron chi connectivity index (χ1n) is 5.86. The van der Waals surface area contributed by atoms with Crippen LogP contribution in [0, 0.1) is 0 Å². The fourth-order valence-corrected chi connectivity index (χ4v) is 9.44. The third-order valence-corrected chi connectivity index (χ3v) is 9.17. The summed E-state index contributed by atoms with van der Waals surface area (Å²) < 4.78 is 6.28. The zero-order chi connectivity index (χ0) is 13.1. The highest BCUT2D eigenvalue weighted by Crippen LogP contribution is 2.24. The van der Waals surface area contributed by atoms with Gasteiger partial charge in [0.2, 0.25) is 0 Å². The van der Waals surface area contributed by atoms with Gasteiger partial charge in [0.25, 0.3) is 0 Å². The smallest absolute Gasteiger partial charge is 0.198 e. The highest BCUT2D eigenvalue weighted by Gasteiger charge is 2.31. The first-order chi connectivity index (χ1) is 7.76. The van der Waals surface area contributed by atoms with E-state index in [0.29, 0.717) is 5.75 Å². The molecule has 0 bridgehead atoms. The van der Waals surface area contributed by atoms with Crippen LogP contribution < -0.4 is 0 Å². The minimum absolute atomic E-state index is 0.370. The molecule has 0 atom stereocenters. The number of para-hydroxylation sites is 1. The summed E-state index contributed by atoms with van der Waals surface area (Å²) in [6.07, 6.45) is 0. The van der Waals surface area contributed by atoms with Crippen molar-refractivity contribution < 1.29 is 9.22 Å². The molecule has 1 rings (SSSR count). The Kier molecular flexibility index (Phi) is 4.35. The molecule has 0 heterocycles. The van der Waals surface area contributed by atoms with Crippen molar-refractivity contribution in [3.8, 4) is 5.75 Å². The van der Waals surface area contributed by atoms with Crippen molar-refractivity contribution in [3.63, 3.8) is 0 Å². The van der Waals surface area contributed by atoms with Crippen molar-refractivity contribution >= 4 is 16.6 Å². The summed E-state index contributed by atoms with van der Waals surface area (Å²) >= 11 is 0. The molecule has 2 nitrogen and oxygen atoms in total. The van der Waals surface area contributed by atoms with Crippen LogP contribution in [-0.4, -0.2) is 21.7 Å². The molecule has 0 aliphatic rings. The fraction of sp³-hybridized carbons (Fsp3) is 0.385. The monoisotopic (exact) mass is 266 g/mol. The van der Waals surface area contributed by atoms with Crippen molar-refractivity contribution in [2.75, 3.05) is 0 Å². The molecule has 0 saturated carbocycles. The van der Waals surface area contributed by atoms with E-state index in [1.807, 2.05) is 23.9 Å². The first kappa shape index (κ1) is 14.2. The van der Waals surface area contributed by atoms with Gasteiger partial charge in [-0.1, -0.05) is 23.9 Å². The molecule has 0 unspecified atom stereocenters. The van der Waals surface area contributed by atoms with Gasteiger partial charge >= 0.3 is 0 Å². The van der Waals surface area contributed by atoms with Gasteiger partial charge in [0.15, 0.2) is 16.6 Å². The van der Waals surface area contributed by atoms with Crippen molar-refractivity contribution in [1.82, 2.24) is 0 Å². The first-order valence-corrected chi connectivity index (χ1v) is 12.0. The largest absolute Gasteiger partial charge is 0.508 e. The molecule has 1 aromatic carbocycles. The van der Waals surface area contributed by atoms with Gasteiger partial charge in [0, 0.05) is 0 Å². The van der Waals surface area contributed by atoms with Gasteiger partial charge in [-0.15, -0.1) is 6.58 Å². The summed E-state index contributed by atoms with van der Waals surface area (Å²) in [5.74, 6) is 0.370. The quantitative estimate of drug-likeness (QED) is 0.825. The Bertz CT molecular complexity index is 400. The zero-order valence-electron chi connectivity index (χ0n) is 11.2. The van der Waals surface area contributed by atoms with E-state index in [1.54, 1.807) is 6.07 Å². The molecule has 0 amide bonds. The predicted molar refractivity (Wildman–Crippen MR) is 78.1 cm³/mol. The van der Waals surface area contributed by atoms with Crippen LogP contribution in [-0.2, 0) is 10.2 Å². The van der Waals surface area contributed by atoms with E-state index in [0.717, 1.165) is 11.6 Å². The molecular weight excluding hydrogens is 244 g/mol. The summed E-state index contributed by atoms with van der Waals surface area (Å²) in [7, 11) is -3.54. The fourth-order valence-electron chi connectivity index (χ4n) is 1.91. The topological polar surface area (TPSA) is 29.5 Å². The van der Waals surface area contributed by atoms with Gasteiger partial charge in [0.1, 0.15) is 5.75 Å². The summed E-state index contributed by atoms with van der Waals surface area (Å²) in [5, 5.41) is 9.79. The van der Waals surface area contributed by atoms with E-state index < -0.39 is 16.6 Å². The maximum absolute atomic E-state index is 9.79. The molecule has 0 saturated heterocycles. The molecule has 17 heavy (non-hydrogen) atoms. The predicted octanol–water partition coefficient (Wildman–Crippen LogP) is 3.63. The van der Waals surface area contributed by atoms with Crippen LogP contribution in [0.5, 0.6) is 5.75 Å². The van der Waals surface area contributed by atoms with E-state index in [1.165, 1.54) is 0 Å². The molecule has 0 radical (unpaired) electrons. The third kappa shape index (κ3) is 4.49. The van der Waals surface area contributed by atoms with E-state index in [-0.39, 0.29) is 0 Å². The Morgan fingerprint density at radius 1 is 1.24 bits per heavy atom. The van der Waals surface area contributed by atoms with Crippen LogP contribution in [0.2, 0.25) is 26.2 Å². The average molecular weight is 266 g/mol. The van der Waals surface area contributed by atoms with Crippen LogP contribution in [0.1, 0.15) is 5.56 Å². The number of hydrogen-bond acceptors (Lipinski definition) is 2. The standard InChI is InChI=1S/C13H22O2Si2/c1-6-16(2,3)15-17(4,5)11-12-9-7-8-10-13(12)14/h6-10,14H,1,11H2,2-5H3. The lowest BCUT2D eigenvalue weighted by atomic mass is 10.2. The molecule has 94 valence electrons. The maximum atomic E-state index is 9.79. The minimum atomic E-state index is -1.80. The Balaban J connectivity index is 2.80. The Morgan fingerprint density at radius 3 is 2.35 bits per heavy atom. The summed E-state index contributed by atoms with van der Waals surface area (Å²) in [5.41, 5.74) is 2.95. The molecule has 4 heteroatoms. The third-order valence-electron chi connectivity index (χ3n) is 2.64. The second kappa shape index (κ2) is 5.20. The van der Waals surface area contributed by atoms with E-state index in [2.05, 4.69) is 32.8 Å². The lowest BCUT2D eigenvalue weighted by molar-refractivity contribution is 0.468. The Hall–Kier alpha value is -0.846. The van der Waals surface area contributed by atoms with Gasteiger partial charge in [0.05, 0.1) is 0 Å². The molecular formula is C13H22O2Si2. The zero-order valence-corrected chi connectivity index (χ0v) is 13.2. The lowest BCUT2D eigenvalue weighted by Gasteiger charge is -2.32. The van der Waals surface area contributed by atoms with E-state index >= 15 is 0 Å². The van der Waals surface area contributed by atoms with Crippen molar-refractivity contribution in [1.29, 1.82) is 0 Å². The number of phenols is 1. The van der Waals surface area contributed by atoms with Crippen molar-refractivity contribution in [2.24, 2.45) is 0 Å². The molecule has 1 aromatic rings. The van der Waals surface area contributed by atoms with Crippen LogP contribution >= 0.6 is 0 Å². The van der Waals surface area contributed by atoms with Crippen LogP contribution in [0.15, 0.2) is 36.5 Å². The SMILES string of the molecule is C=C[Si](C)(C)O[Si](C)(C)Cc1ccccc1O.